The van der Waals surface area contributed by atoms with Gasteiger partial charge in [0, 0.05) is 17.4 Å². The van der Waals surface area contributed by atoms with E-state index in [0.717, 1.165) is 18.2 Å². The monoisotopic (exact) mass is 279 g/mol. The van der Waals surface area contributed by atoms with Gasteiger partial charge < -0.3 is 14.7 Å². The second-order valence-electron chi connectivity index (χ2n) is 4.04. The van der Waals surface area contributed by atoms with Crippen LogP contribution in [-0.2, 0) is 4.74 Å². The van der Waals surface area contributed by atoms with Crippen LogP contribution >= 0.6 is 15.9 Å². The van der Waals surface area contributed by atoms with E-state index in [4.69, 9.17) is 9.84 Å². The normalized spacial score (nSPS) is 31.7. The first-order valence-corrected chi connectivity index (χ1v) is 6.37. The molecule has 4 nitrogen and oxygen atoms in total. The summed E-state index contributed by atoms with van der Waals surface area (Å²) < 4.78 is 5.63. The van der Waals surface area contributed by atoms with E-state index < -0.39 is 6.09 Å². The molecule has 1 N–H and O–H groups in total. The van der Waals surface area contributed by atoms with Gasteiger partial charge in [0.05, 0.1) is 12.7 Å². The van der Waals surface area contributed by atoms with Crippen LogP contribution in [0.1, 0.15) is 26.7 Å². The van der Waals surface area contributed by atoms with Gasteiger partial charge in [0.15, 0.2) is 0 Å². The largest absolute Gasteiger partial charge is 0.465 e. The lowest BCUT2D eigenvalue weighted by molar-refractivity contribution is -0.0206. The molecule has 0 bridgehead atoms. The third-order valence-electron chi connectivity index (χ3n) is 2.81. The predicted octanol–water partition coefficient (Wildman–Crippen LogP) is 2.32. The summed E-state index contributed by atoms with van der Waals surface area (Å²) >= 11 is 3.31. The van der Waals surface area contributed by atoms with E-state index in [1.807, 2.05) is 13.8 Å². The smallest absolute Gasteiger partial charge is 0.407 e. The molecule has 3 atom stereocenters. The van der Waals surface area contributed by atoms with Crippen molar-refractivity contribution in [2.24, 2.45) is 0 Å². The molecular formula is C10H18BrNO3. The molecule has 1 saturated heterocycles. The molecule has 1 aliphatic rings. The lowest BCUT2D eigenvalue weighted by Gasteiger charge is -2.40. The lowest BCUT2D eigenvalue weighted by atomic mass is 9.95. The van der Waals surface area contributed by atoms with Gasteiger partial charge in [-0.25, -0.2) is 4.79 Å². The molecule has 0 aromatic heterocycles. The van der Waals surface area contributed by atoms with E-state index in [1.54, 1.807) is 0 Å². The molecule has 0 aromatic rings. The fourth-order valence-electron chi connectivity index (χ4n) is 2.24. The Morgan fingerprint density at radius 1 is 1.47 bits per heavy atom. The number of alkyl halides is 1. The number of hydrogen-bond donors (Lipinski definition) is 1. The Labute approximate surface area is 98.7 Å². The van der Waals surface area contributed by atoms with Crippen molar-refractivity contribution in [3.8, 4) is 0 Å². The van der Waals surface area contributed by atoms with Crippen molar-refractivity contribution in [3.63, 3.8) is 0 Å². The summed E-state index contributed by atoms with van der Waals surface area (Å²) in [7, 11) is 0. The van der Waals surface area contributed by atoms with Gasteiger partial charge in [0.2, 0.25) is 0 Å². The summed E-state index contributed by atoms with van der Waals surface area (Å²) in [6, 6.07) is 0.0955. The van der Waals surface area contributed by atoms with Gasteiger partial charge >= 0.3 is 6.09 Å². The number of likely N-dealkylation sites (tertiary alicyclic amines) is 1. The summed E-state index contributed by atoms with van der Waals surface area (Å²) in [4.78, 5) is 12.5. The first-order valence-electron chi connectivity index (χ1n) is 5.25. The van der Waals surface area contributed by atoms with Crippen molar-refractivity contribution in [2.75, 3.05) is 11.9 Å². The molecule has 0 aliphatic carbocycles. The van der Waals surface area contributed by atoms with E-state index in [9.17, 15) is 4.79 Å². The lowest BCUT2D eigenvalue weighted by Crippen LogP contribution is -2.51. The number of amides is 1. The highest BCUT2D eigenvalue weighted by Crippen LogP contribution is 2.25. The van der Waals surface area contributed by atoms with Crippen molar-refractivity contribution < 1.29 is 14.6 Å². The molecule has 88 valence electrons. The summed E-state index contributed by atoms with van der Waals surface area (Å²) in [6.45, 7) is 4.57. The zero-order valence-corrected chi connectivity index (χ0v) is 10.7. The van der Waals surface area contributed by atoms with Crippen LogP contribution in [0.3, 0.4) is 0 Å². The second kappa shape index (κ2) is 5.70. The number of ether oxygens (including phenoxy) is 1. The molecule has 0 radical (unpaired) electrons. The average Bonchev–Trinajstić information content (AvgIpc) is 2.12. The van der Waals surface area contributed by atoms with Crippen LogP contribution in [0.4, 0.5) is 4.79 Å². The number of carboxylic acid groups (broad SMARTS) is 1. The highest BCUT2D eigenvalue weighted by Gasteiger charge is 2.34. The Balaban J connectivity index is 2.50. The van der Waals surface area contributed by atoms with Crippen LogP contribution in [0.2, 0.25) is 0 Å². The van der Waals surface area contributed by atoms with Gasteiger partial charge in [-0.1, -0.05) is 15.9 Å². The van der Waals surface area contributed by atoms with Gasteiger partial charge in [0.25, 0.3) is 0 Å². The molecule has 1 fully saturated rings. The zero-order valence-electron chi connectivity index (χ0n) is 9.15. The molecule has 15 heavy (non-hydrogen) atoms. The minimum atomic E-state index is -0.825. The van der Waals surface area contributed by atoms with Crippen LogP contribution in [0.15, 0.2) is 0 Å². The average molecular weight is 280 g/mol. The van der Waals surface area contributed by atoms with Gasteiger partial charge in [0.1, 0.15) is 0 Å². The standard InChI is InChI=1S/C10H18BrNO3/c1-7-5-9(15-4-3-11)6-8(2)12(7)10(13)14/h7-9H,3-6H2,1-2H3,(H,13,14)/t7-,8+,9?. The molecule has 5 heteroatoms. The van der Waals surface area contributed by atoms with Gasteiger partial charge in [-0.2, -0.15) is 0 Å². The molecular weight excluding hydrogens is 262 g/mol. The Morgan fingerprint density at radius 2 is 2.00 bits per heavy atom. The van der Waals surface area contributed by atoms with Crippen LogP contribution in [0, 0.1) is 0 Å². The number of nitrogens with zero attached hydrogens (tertiary/aromatic N) is 1. The summed E-state index contributed by atoms with van der Waals surface area (Å²) in [6.07, 6.45) is 0.963. The fourth-order valence-corrected chi connectivity index (χ4v) is 2.43. The summed E-state index contributed by atoms with van der Waals surface area (Å²) in [5.74, 6) is 0. The first kappa shape index (κ1) is 12.8. The molecule has 0 spiro atoms. The minimum Gasteiger partial charge on any atom is -0.465 e. The predicted molar refractivity (Wildman–Crippen MR) is 61.6 cm³/mol. The van der Waals surface area contributed by atoms with E-state index in [1.165, 1.54) is 4.90 Å². The Morgan fingerprint density at radius 3 is 2.40 bits per heavy atom. The van der Waals surface area contributed by atoms with Gasteiger partial charge in [-0.05, 0) is 26.7 Å². The third kappa shape index (κ3) is 3.34. The number of piperidine rings is 1. The number of rotatable bonds is 3. The SMILES string of the molecule is C[C@@H]1CC(OCCBr)C[C@H](C)N1C(=O)O. The van der Waals surface area contributed by atoms with Gasteiger partial charge in [-0.3, -0.25) is 0 Å². The maximum Gasteiger partial charge on any atom is 0.407 e. The quantitative estimate of drug-likeness (QED) is 0.807. The van der Waals surface area contributed by atoms with Crippen molar-refractivity contribution in [1.29, 1.82) is 0 Å². The Kier molecular flexibility index (Phi) is 4.86. The zero-order chi connectivity index (χ0) is 11.4. The van der Waals surface area contributed by atoms with Gasteiger partial charge in [-0.15, -0.1) is 0 Å². The molecule has 0 saturated carbocycles. The van der Waals surface area contributed by atoms with Crippen molar-refractivity contribution in [1.82, 2.24) is 4.90 Å². The van der Waals surface area contributed by atoms with E-state index in [-0.39, 0.29) is 18.2 Å². The van der Waals surface area contributed by atoms with E-state index in [0.29, 0.717) is 6.61 Å². The maximum absolute atomic E-state index is 11.0. The van der Waals surface area contributed by atoms with Crippen molar-refractivity contribution >= 4 is 22.0 Å². The highest BCUT2D eigenvalue weighted by molar-refractivity contribution is 9.09. The summed E-state index contributed by atoms with van der Waals surface area (Å²) in [5.41, 5.74) is 0. The molecule has 1 unspecified atom stereocenters. The number of halogens is 1. The van der Waals surface area contributed by atoms with E-state index in [2.05, 4.69) is 15.9 Å². The number of hydrogen-bond acceptors (Lipinski definition) is 2. The Bertz CT molecular complexity index is 213. The molecule has 1 heterocycles. The van der Waals surface area contributed by atoms with Crippen LogP contribution in [0.5, 0.6) is 0 Å². The van der Waals surface area contributed by atoms with Crippen LogP contribution in [-0.4, -0.2) is 46.2 Å². The molecule has 1 amide bonds. The van der Waals surface area contributed by atoms with E-state index >= 15 is 0 Å². The maximum atomic E-state index is 11.0. The van der Waals surface area contributed by atoms with Crippen LogP contribution in [0.25, 0.3) is 0 Å². The minimum absolute atomic E-state index is 0.0478. The van der Waals surface area contributed by atoms with Crippen LogP contribution < -0.4 is 0 Å². The third-order valence-corrected chi connectivity index (χ3v) is 3.13. The highest BCUT2D eigenvalue weighted by atomic mass is 79.9. The van der Waals surface area contributed by atoms with Crippen molar-refractivity contribution in [3.05, 3.63) is 0 Å². The molecule has 1 rings (SSSR count). The first-order chi connectivity index (χ1) is 7.06. The fraction of sp³-hybridized carbons (Fsp3) is 0.900. The Hall–Kier alpha value is -0.290. The topological polar surface area (TPSA) is 49.8 Å². The number of carbonyl (C=O) groups is 1. The summed E-state index contributed by atoms with van der Waals surface area (Å²) in [5, 5.41) is 9.85. The van der Waals surface area contributed by atoms with Crippen molar-refractivity contribution in [2.45, 2.75) is 44.9 Å². The molecule has 1 aliphatic heterocycles. The molecule has 0 aromatic carbocycles. The second-order valence-corrected chi connectivity index (χ2v) is 4.83.